The predicted octanol–water partition coefficient (Wildman–Crippen LogP) is 2.18. The van der Waals surface area contributed by atoms with Gasteiger partial charge in [0.15, 0.2) is 0 Å². The Labute approximate surface area is 153 Å². The zero-order chi connectivity index (χ0) is 18.6. The lowest BCUT2D eigenvalue weighted by atomic mass is 10.1. The molecule has 2 rings (SSSR count). The van der Waals surface area contributed by atoms with Crippen LogP contribution in [-0.4, -0.2) is 52.9 Å². The molecule has 1 amide bonds. The van der Waals surface area contributed by atoms with E-state index in [2.05, 4.69) is 33.9 Å². The fourth-order valence-electron chi connectivity index (χ4n) is 2.66. The molecule has 136 valence electrons. The van der Waals surface area contributed by atoms with Gasteiger partial charge in [-0.3, -0.25) is 4.79 Å². The maximum Gasteiger partial charge on any atom is 0.227 e. The van der Waals surface area contributed by atoms with Crippen LogP contribution < -0.4 is 5.73 Å². The number of aromatic nitrogens is 2. The maximum atomic E-state index is 13.0. The van der Waals surface area contributed by atoms with E-state index in [0.29, 0.717) is 19.5 Å². The first-order valence-electron chi connectivity index (χ1n) is 8.33. The van der Waals surface area contributed by atoms with Crippen LogP contribution in [-0.2, 0) is 17.8 Å². The summed E-state index contributed by atoms with van der Waals surface area (Å²) >= 11 is 1.73. The fraction of sp³-hybridized carbons (Fsp3) is 0.500. The van der Waals surface area contributed by atoms with Gasteiger partial charge in [0, 0.05) is 39.8 Å². The fourth-order valence-corrected chi connectivity index (χ4v) is 3.56. The minimum Gasteiger partial charge on any atom is -0.368 e. The van der Waals surface area contributed by atoms with E-state index >= 15 is 0 Å². The van der Waals surface area contributed by atoms with Crippen molar-refractivity contribution in [1.29, 1.82) is 0 Å². The molecule has 2 heterocycles. The highest BCUT2D eigenvalue weighted by molar-refractivity contribution is 7.11. The van der Waals surface area contributed by atoms with Crippen LogP contribution in [0.5, 0.6) is 0 Å². The normalized spacial score (nSPS) is 11.1. The van der Waals surface area contributed by atoms with E-state index in [1.54, 1.807) is 11.3 Å². The van der Waals surface area contributed by atoms with E-state index in [-0.39, 0.29) is 11.9 Å². The molecule has 2 aromatic heterocycles. The molecular weight excluding hydrogens is 334 g/mol. The van der Waals surface area contributed by atoms with E-state index in [1.807, 2.05) is 32.8 Å². The summed E-state index contributed by atoms with van der Waals surface area (Å²) in [5.74, 6) is 0.345. The largest absolute Gasteiger partial charge is 0.368 e. The molecule has 0 saturated heterocycles. The quantitative estimate of drug-likeness (QED) is 0.818. The minimum absolute atomic E-state index is 0.0903. The van der Waals surface area contributed by atoms with E-state index in [4.69, 9.17) is 5.73 Å². The first-order chi connectivity index (χ1) is 11.8. The molecule has 0 atom stereocenters. The van der Waals surface area contributed by atoms with Crippen molar-refractivity contribution in [1.82, 2.24) is 19.8 Å². The predicted molar refractivity (Wildman–Crippen MR) is 103 cm³/mol. The summed E-state index contributed by atoms with van der Waals surface area (Å²) in [5.41, 5.74) is 8.11. The number of rotatable bonds is 7. The molecule has 7 heteroatoms. The number of amides is 1. The molecule has 0 spiro atoms. The molecule has 0 aliphatic heterocycles. The van der Waals surface area contributed by atoms with Crippen LogP contribution in [0.25, 0.3) is 0 Å². The third kappa shape index (κ3) is 5.51. The topological polar surface area (TPSA) is 75.3 Å². The van der Waals surface area contributed by atoms with Crippen molar-refractivity contribution in [3.63, 3.8) is 0 Å². The molecule has 25 heavy (non-hydrogen) atoms. The van der Waals surface area contributed by atoms with Crippen LogP contribution in [0.1, 0.15) is 26.7 Å². The number of likely N-dealkylation sites (N-methyl/N-ethyl adjacent to an activating group) is 1. The molecule has 0 radical (unpaired) electrons. The molecule has 0 unspecified atom stereocenters. The maximum absolute atomic E-state index is 13.0. The number of hydrogen-bond donors (Lipinski definition) is 1. The zero-order valence-corrected chi connectivity index (χ0v) is 16.5. The molecule has 0 aliphatic rings. The van der Waals surface area contributed by atoms with Crippen LogP contribution in [0.2, 0.25) is 0 Å². The Hall–Kier alpha value is -1.99. The van der Waals surface area contributed by atoms with Crippen LogP contribution >= 0.6 is 11.3 Å². The average Bonchev–Trinajstić information content (AvgIpc) is 2.92. The Bertz CT molecular complexity index is 718. The molecule has 0 saturated carbocycles. The molecular formula is C18H27N5OS. The highest BCUT2D eigenvalue weighted by Gasteiger charge is 2.19. The Morgan fingerprint density at radius 2 is 1.76 bits per heavy atom. The number of nitrogens with two attached hydrogens (primary N) is 1. The number of nitrogen functional groups attached to an aromatic ring is 1. The molecule has 0 aromatic carbocycles. The summed E-state index contributed by atoms with van der Waals surface area (Å²) in [7, 11) is 4.03. The van der Waals surface area contributed by atoms with Gasteiger partial charge in [-0.25, -0.2) is 9.97 Å². The SMILES string of the molecule is Cc1ccc(CN(CCN(C)C)C(=O)Cc2c(C)nc(N)nc2C)s1. The van der Waals surface area contributed by atoms with Crippen molar-refractivity contribution in [2.75, 3.05) is 32.9 Å². The second kappa shape index (κ2) is 8.40. The van der Waals surface area contributed by atoms with Gasteiger partial charge in [-0.2, -0.15) is 0 Å². The summed E-state index contributed by atoms with van der Waals surface area (Å²) in [6.07, 6.45) is 0.301. The van der Waals surface area contributed by atoms with Crippen molar-refractivity contribution in [2.24, 2.45) is 0 Å². The van der Waals surface area contributed by atoms with Crippen molar-refractivity contribution in [3.05, 3.63) is 38.8 Å². The van der Waals surface area contributed by atoms with Gasteiger partial charge in [0.1, 0.15) is 0 Å². The highest BCUT2D eigenvalue weighted by atomic mass is 32.1. The van der Waals surface area contributed by atoms with Crippen LogP contribution in [0.15, 0.2) is 12.1 Å². The highest BCUT2D eigenvalue weighted by Crippen LogP contribution is 2.19. The Morgan fingerprint density at radius 3 is 2.28 bits per heavy atom. The van der Waals surface area contributed by atoms with Crippen molar-refractivity contribution in [3.8, 4) is 0 Å². The lowest BCUT2D eigenvalue weighted by molar-refractivity contribution is -0.131. The number of carbonyl (C=O) groups excluding carboxylic acids is 1. The number of nitrogens with zero attached hydrogens (tertiary/aromatic N) is 4. The van der Waals surface area contributed by atoms with E-state index in [0.717, 1.165) is 23.5 Å². The van der Waals surface area contributed by atoms with E-state index < -0.39 is 0 Å². The van der Waals surface area contributed by atoms with Crippen LogP contribution in [0, 0.1) is 20.8 Å². The van der Waals surface area contributed by atoms with Gasteiger partial charge in [0.05, 0.1) is 13.0 Å². The third-order valence-corrected chi connectivity index (χ3v) is 5.06. The summed E-state index contributed by atoms with van der Waals surface area (Å²) in [6, 6.07) is 4.19. The van der Waals surface area contributed by atoms with Crippen molar-refractivity contribution >= 4 is 23.2 Å². The van der Waals surface area contributed by atoms with Gasteiger partial charge in [-0.15, -0.1) is 11.3 Å². The first-order valence-corrected chi connectivity index (χ1v) is 9.15. The standard InChI is InChI=1S/C18H27N5OS/c1-12-6-7-15(25-12)11-23(9-8-22(4)5)17(24)10-16-13(2)20-18(19)21-14(16)3/h6-7H,8-11H2,1-5H3,(H2,19,20,21). The number of anilines is 1. The first kappa shape index (κ1) is 19.3. The summed E-state index contributed by atoms with van der Waals surface area (Å²) in [4.78, 5) is 27.8. The number of aryl methyl sites for hydroxylation is 3. The van der Waals surface area contributed by atoms with Crippen molar-refractivity contribution < 1.29 is 4.79 Å². The van der Waals surface area contributed by atoms with Crippen LogP contribution in [0.4, 0.5) is 5.95 Å². The zero-order valence-electron chi connectivity index (χ0n) is 15.7. The molecule has 6 nitrogen and oxygen atoms in total. The number of hydrogen-bond acceptors (Lipinski definition) is 6. The van der Waals surface area contributed by atoms with Gasteiger partial charge in [0.25, 0.3) is 0 Å². The lowest BCUT2D eigenvalue weighted by Crippen LogP contribution is -2.37. The molecule has 0 bridgehead atoms. The number of carbonyl (C=O) groups is 1. The Balaban J connectivity index is 2.16. The third-order valence-electron chi connectivity index (χ3n) is 4.08. The lowest BCUT2D eigenvalue weighted by Gasteiger charge is -2.24. The average molecular weight is 362 g/mol. The van der Waals surface area contributed by atoms with Gasteiger partial charge in [-0.1, -0.05) is 0 Å². The van der Waals surface area contributed by atoms with Crippen LogP contribution in [0.3, 0.4) is 0 Å². The molecule has 0 aliphatic carbocycles. The monoisotopic (exact) mass is 361 g/mol. The second-order valence-electron chi connectivity index (χ2n) is 6.54. The van der Waals surface area contributed by atoms with E-state index in [1.165, 1.54) is 9.75 Å². The van der Waals surface area contributed by atoms with Gasteiger partial charge < -0.3 is 15.5 Å². The van der Waals surface area contributed by atoms with Crippen molar-refractivity contribution in [2.45, 2.75) is 33.7 Å². The molecule has 2 aromatic rings. The number of thiophene rings is 1. The smallest absolute Gasteiger partial charge is 0.227 e. The Morgan fingerprint density at radius 1 is 1.12 bits per heavy atom. The second-order valence-corrected chi connectivity index (χ2v) is 7.91. The molecule has 2 N–H and O–H groups in total. The Kier molecular flexibility index (Phi) is 6.50. The summed E-state index contributed by atoms with van der Waals surface area (Å²) in [5, 5.41) is 0. The summed E-state index contributed by atoms with van der Waals surface area (Å²) in [6.45, 7) is 7.99. The van der Waals surface area contributed by atoms with E-state index in [9.17, 15) is 4.79 Å². The van der Waals surface area contributed by atoms with Gasteiger partial charge in [0.2, 0.25) is 11.9 Å². The minimum atomic E-state index is 0.0903. The molecule has 0 fully saturated rings. The summed E-state index contributed by atoms with van der Waals surface area (Å²) < 4.78 is 0. The van der Waals surface area contributed by atoms with Gasteiger partial charge >= 0.3 is 0 Å². The van der Waals surface area contributed by atoms with Gasteiger partial charge in [-0.05, 0) is 47.0 Å².